The van der Waals surface area contributed by atoms with Crippen LogP contribution in [0.25, 0.3) is 0 Å². The van der Waals surface area contributed by atoms with Crippen molar-refractivity contribution in [2.24, 2.45) is 11.7 Å². The lowest BCUT2D eigenvalue weighted by atomic mass is 9.82. The molecule has 1 aliphatic carbocycles. The Hall–Kier alpha value is -0.680. The van der Waals surface area contributed by atoms with Gasteiger partial charge in [-0.2, -0.15) is 0 Å². The van der Waals surface area contributed by atoms with Crippen LogP contribution in [0.15, 0.2) is 0 Å². The van der Waals surface area contributed by atoms with Gasteiger partial charge in [-0.05, 0) is 25.2 Å². The fraction of sp³-hybridized carbons (Fsp3) is 0.867. The summed E-state index contributed by atoms with van der Waals surface area (Å²) in [4.78, 5) is 17.2. The Kier molecular flexibility index (Phi) is 5.78. The van der Waals surface area contributed by atoms with Gasteiger partial charge in [0.15, 0.2) is 0 Å². The Morgan fingerprint density at radius 1 is 1.30 bits per heavy atom. The van der Waals surface area contributed by atoms with Crippen LogP contribution in [0.3, 0.4) is 0 Å². The number of carbonyl (C=O) groups excluding carboxylic acids is 1. The lowest BCUT2D eigenvalue weighted by molar-refractivity contribution is -0.134. The highest BCUT2D eigenvalue weighted by molar-refractivity contribution is 7.80. The van der Waals surface area contributed by atoms with Gasteiger partial charge in [-0.25, -0.2) is 0 Å². The van der Waals surface area contributed by atoms with Crippen molar-refractivity contribution >= 4 is 23.1 Å². The molecule has 0 spiro atoms. The van der Waals surface area contributed by atoms with E-state index in [2.05, 4.69) is 11.8 Å². The summed E-state index contributed by atoms with van der Waals surface area (Å²) in [6, 6.07) is 0.207. The summed E-state index contributed by atoms with van der Waals surface area (Å²) in [6.07, 6.45) is 6.65. The third-order valence-corrected chi connectivity index (χ3v) is 4.96. The largest absolute Gasteiger partial charge is 0.392 e. The summed E-state index contributed by atoms with van der Waals surface area (Å²) in [7, 11) is 0. The van der Waals surface area contributed by atoms with Crippen LogP contribution >= 0.6 is 12.2 Å². The highest BCUT2D eigenvalue weighted by Crippen LogP contribution is 2.30. The van der Waals surface area contributed by atoms with Crippen molar-refractivity contribution in [1.82, 2.24) is 9.80 Å². The summed E-state index contributed by atoms with van der Waals surface area (Å²) in [6.45, 7) is 5.61. The minimum Gasteiger partial charge on any atom is -0.392 e. The van der Waals surface area contributed by atoms with Gasteiger partial charge in [0.25, 0.3) is 0 Å². The molecule has 4 nitrogen and oxygen atoms in total. The van der Waals surface area contributed by atoms with Gasteiger partial charge in [-0.15, -0.1) is 0 Å². The van der Waals surface area contributed by atoms with Crippen LogP contribution in [0.5, 0.6) is 0 Å². The second kappa shape index (κ2) is 7.36. The van der Waals surface area contributed by atoms with Gasteiger partial charge >= 0.3 is 0 Å². The van der Waals surface area contributed by atoms with Gasteiger partial charge in [0, 0.05) is 32.6 Å². The number of carbonyl (C=O) groups is 1. The Morgan fingerprint density at radius 3 is 2.40 bits per heavy atom. The van der Waals surface area contributed by atoms with Crippen LogP contribution in [0.4, 0.5) is 0 Å². The van der Waals surface area contributed by atoms with Crippen LogP contribution in [-0.4, -0.2) is 52.9 Å². The molecule has 1 heterocycles. The van der Waals surface area contributed by atoms with Gasteiger partial charge in [0.2, 0.25) is 5.91 Å². The number of piperazine rings is 1. The van der Waals surface area contributed by atoms with E-state index in [4.69, 9.17) is 18.0 Å². The summed E-state index contributed by atoms with van der Waals surface area (Å²) in [5, 5.41) is 0. The molecule has 1 unspecified atom stereocenters. The molecule has 2 N–H and O–H groups in total. The number of hydrogen-bond donors (Lipinski definition) is 1. The Balaban J connectivity index is 1.78. The summed E-state index contributed by atoms with van der Waals surface area (Å²) in [5.41, 5.74) is 5.85. The zero-order valence-corrected chi connectivity index (χ0v) is 13.3. The molecule has 1 amide bonds. The van der Waals surface area contributed by atoms with E-state index in [1.54, 1.807) is 0 Å². The van der Waals surface area contributed by atoms with E-state index in [1.165, 1.54) is 19.3 Å². The molecule has 2 rings (SSSR count). The number of nitrogens with zero attached hydrogens (tertiary/aromatic N) is 2. The van der Waals surface area contributed by atoms with Gasteiger partial charge in [-0.3, -0.25) is 9.69 Å². The molecule has 0 aromatic carbocycles. The molecule has 1 aliphatic heterocycles. The maximum absolute atomic E-state index is 12.2. The first kappa shape index (κ1) is 15.7. The van der Waals surface area contributed by atoms with Crippen molar-refractivity contribution in [2.45, 2.75) is 51.5 Å². The van der Waals surface area contributed by atoms with Crippen LogP contribution in [0, 0.1) is 5.92 Å². The average Bonchev–Trinajstić information content (AvgIpc) is 2.40. The molecule has 2 fully saturated rings. The van der Waals surface area contributed by atoms with E-state index in [9.17, 15) is 4.79 Å². The fourth-order valence-electron chi connectivity index (χ4n) is 3.13. The summed E-state index contributed by atoms with van der Waals surface area (Å²) < 4.78 is 0. The zero-order valence-electron chi connectivity index (χ0n) is 12.5. The molecule has 1 atom stereocenters. The molecule has 1 saturated heterocycles. The third-order valence-electron chi connectivity index (χ3n) is 4.69. The molecule has 2 aliphatic rings. The first-order valence-corrected chi connectivity index (χ1v) is 8.33. The standard InChI is InChI=1S/C15H27N3OS/c1-2-4-13(15(16)20)17-7-9-18(10-8-17)14(19)11-12-5-3-6-12/h12-13H,2-11H2,1H3,(H2,16,20). The van der Waals surface area contributed by atoms with Gasteiger partial charge in [-0.1, -0.05) is 32.0 Å². The zero-order chi connectivity index (χ0) is 14.5. The van der Waals surface area contributed by atoms with Crippen LogP contribution in [-0.2, 0) is 4.79 Å². The minimum atomic E-state index is 0.207. The quantitative estimate of drug-likeness (QED) is 0.759. The maximum atomic E-state index is 12.2. The van der Waals surface area contributed by atoms with Gasteiger partial charge < -0.3 is 10.6 Å². The number of rotatable bonds is 6. The maximum Gasteiger partial charge on any atom is 0.222 e. The topological polar surface area (TPSA) is 49.6 Å². The van der Waals surface area contributed by atoms with Crippen LogP contribution < -0.4 is 5.73 Å². The lowest BCUT2D eigenvalue weighted by Gasteiger charge is -2.39. The predicted molar refractivity (Wildman–Crippen MR) is 85.6 cm³/mol. The average molecular weight is 297 g/mol. The molecule has 114 valence electrons. The minimum absolute atomic E-state index is 0.207. The number of nitrogens with two attached hydrogens (primary N) is 1. The van der Waals surface area contributed by atoms with Gasteiger partial charge in [0.05, 0.1) is 11.0 Å². The normalized spacial score (nSPS) is 22.4. The molecular weight excluding hydrogens is 270 g/mol. The second-order valence-corrected chi connectivity index (χ2v) is 6.60. The van der Waals surface area contributed by atoms with Crippen molar-refractivity contribution in [3.8, 4) is 0 Å². The van der Waals surface area contributed by atoms with E-state index < -0.39 is 0 Å². The first-order valence-electron chi connectivity index (χ1n) is 7.93. The van der Waals surface area contributed by atoms with E-state index in [0.29, 0.717) is 16.8 Å². The van der Waals surface area contributed by atoms with Crippen LogP contribution in [0.2, 0.25) is 0 Å². The molecule has 0 bridgehead atoms. The third kappa shape index (κ3) is 3.92. The molecule has 5 heteroatoms. The molecule has 20 heavy (non-hydrogen) atoms. The Morgan fingerprint density at radius 2 is 1.95 bits per heavy atom. The molecule has 0 aromatic heterocycles. The first-order chi connectivity index (χ1) is 9.61. The highest BCUT2D eigenvalue weighted by atomic mass is 32.1. The molecule has 0 radical (unpaired) electrons. The Labute approximate surface area is 127 Å². The molecule has 0 aromatic rings. The number of thiocarbonyl (C=S) groups is 1. The van der Waals surface area contributed by atoms with E-state index in [0.717, 1.165) is 45.4 Å². The highest BCUT2D eigenvalue weighted by Gasteiger charge is 2.29. The molecule has 1 saturated carbocycles. The SMILES string of the molecule is CCCC(C(N)=S)N1CCN(C(=O)CC2CCC2)CC1. The van der Waals surface area contributed by atoms with Crippen molar-refractivity contribution in [2.75, 3.05) is 26.2 Å². The lowest BCUT2D eigenvalue weighted by Crippen LogP contribution is -2.55. The number of amides is 1. The van der Waals surface area contributed by atoms with E-state index >= 15 is 0 Å². The van der Waals surface area contributed by atoms with Crippen molar-refractivity contribution in [3.05, 3.63) is 0 Å². The summed E-state index contributed by atoms with van der Waals surface area (Å²) in [5.74, 6) is 1.00. The summed E-state index contributed by atoms with van der Waals surface area (Å²) >= 11 is 5.18. The smallest absolute Gasteiger partial charge is 0.222 e. The van der Waals surface area contributed by atoms with Crippen molar-refractivity contribution < 1.29 is 4.79 Å². The van der Waals surface area contributed by atoms with E-state index in [-0.39, 0.29) is 6.04 Å². The Bertz CT molecular complexity index is 349. The van der Waals surface area contributed by atoms with E-state index in [1.807, 2.05) is 4.90 Å². The number of hydrogen-bond acceptors (Lipinski definition) is 3. The monoisotopic (exact) mass is 297 g/mol. The second-order valence-electron chi connectivity index (χ2n) is 6.12. The molecular formula is C15H27N3OS. The van der Waals surface area contributed by atoms with Crippen molar-refractivity contribution in [3.63, 3.8) is 0 Å². The van der Waals surface area contributed by atoms with Gasteiger partial charge in [0.1, 0.15) is 0 Å². The van der Waals surface area contributed by atoms with Crippen LogP contribution in [0.1, 0.15) is 45.4 Å². The fourth-order valence-corrected chi connectivity index (χ4v) is 3.40. The predicted octanol–water partition coefficient (Wildman–Crippen LogP) is 1.78. The van der Waals surface area contributed by atoms with Crippen molar-refractivity contribution in [1.29, 1.82) is 0 Å².